The molecule has 6 heteroatoms. The molecule has 2 aliphatic heterocycles. The van der Waals surface area contributed by atoms with Crippen LogP contribution in [0.25, 0.3) is 6.08 Å². The second-order valence-corrected chi connectivity index (χ2v) is 7.22. The molecule has 0 amide bonds. The number of benzene rings is 1. The van der Waals surface area contributed by atoms with Gasteiger partial charge in [-0.2, -0.15) is 0 Å². The first-order chi connectivity index (χ1) is 11.3. The summed E-state index contributed by atoms with van der Waals surface area (Å²) in [7, 11) is -0.968. The van der Waals surface area contributed by atoms with E-state index >= 15 is 0 Å². The Morgan fingerprint density at radius 1 is 1.08 bits per heavy atom. The molecule has 24 heavy (non-hydrogen) atoms. The molecule has 3 rings (SSSR count). The number of ether oxygens (including phenoxy) is 2. The summed E-state index contributed by atoms with van der Waals surface area (Å²) in [5.41, 5.74) is 0.250. The maximum atomic E-state index is 14.5. The predicted molar refractivity (Wildman–Crippen MR) is 91.1 cm³/mol. The Bertz CT molecular complexity index is 590. The van der Waals surface area contributed by atoms with Crippen molar-refractivity contribution in [3.05, 3.63) is 41.1 Å². The molecule has 1 aromatic rings. The molecule has 0 aliphatic carbocycles. The Labute approximate surface area is 143 Å². The van der Waals surface area contributed by atoms with Gasteiger partial charge in [0.15, 0.2) is 0 Å². The standard InChI is InChI=1S/C18H24BFO4/c1-17(2)18(3,4)24-19(23-17)16(20)11-13-5-7-14(8-6-13)15-12-21-9-10-22-15/h5-8,11,15H,9-10,12H2,1-4H3. The van der Waals surface area contributed by atoms with Crippen molar-refractivity contribution in [2.45, 2.75) is 45.0 Å². The normalized spacial score (nSPS) is 26.6. The highest BCUT2D eigenvalue weighted by Crippen LogP contribution is 2.39. The van der Waals surface area contributed by atoms with E-state index in [9.17, 15) is 4.39 Å². The van der Waals surface area contributed by atoms with Gasteiger partial charge in [0.1, 0.15) is 11.8 Å². The lowest BCUT2D eigenvalue weighted by molar-refractivity contribution is -0.0901. The molecule has 2 fully saturated rings. The largest absolute Gasteiger partial charge is 0.525 e. The molecule has 0 spiro atoms. The molecule has 1 atom stereocenters. The topological polar surface area (TPSA) is 36.9 Å². The summed E-state index contributed by atoms with van der Waals surface area (Å²) in [5.74, 6) is 0. The van der Waals surface area contributed by atoms with Crippen LogP contribution in [-0.4, -0.2) is 38.1 Å². The number of hydrogen-bond acceptors (Lipinski definition) is 4. The van der Waals surface area contributed by atoms with E-state index in [-0.39, 0.29) is 6.10 Å². The number of hydrogen-bond donors (Lipinski definition) is 0. The zero-order valence-corrected chi connectivity index (χ0v) is 14.7. The molecule has 2 saturated heterocycles. The second kappa shape index (κ2) is 6.60. The smallest absolute Gasteiger partial charge is 0.398 e. The van der Waals surface area contributed by atoms with Gasteiger partial charge in [-0.3, -0.25) is 0 Å². The average Bonchev–Trinajstić information content (AvgIpc) is 2.77. The van der Waals surface area contributed by atoms with Crippen LogP contribution in [0.5, 0.6) is 0 Å². The van der Waals surface area contributed by atoms with Crippen molar-refractivity contribution < 1.29 is 23.2 Å². The molecule has 0 bridgehead atoms. The van der Waals surface area contributed by atoms with Crippen molar-refractivity contribution in [2.24, 2.45) is 0 Å². The lowest BCUT2D eigenvalue weighted by atomic mass is 9.86. The SMILES string of the molecule is CC1(C)OB(C(F)=Cc2ccc(C3COCCO3)cc2)OC1(C)C. The van der Waals surface area contributed by atoms with Crippen molar-refractivity contribution in [3.63, 3.8) is 0 Å². The Kier molecular flexibility index (Phi) is 4.84. The summed E-state index contributed by atoms with van der Waals surface area (Å²) < 4.78 is 37.0. The maximum Gasteiger partial charge on any atom is 0.525 e. The minimum absolute atomic E-state index is 0.0512. The highest BCUT2D eigenvalue weighted by molar-refractivity contribution is 6.54. The molecule has 0 N–H and O–H groups in total. The second-order valence-electron chi connectivity index (χ2n) is 7.22. The van der Waals surface area contributed by atoms with E-state index in [1.165, 1.54) is 6.08 Å². The summed E-state index contributed by atoms with van der Waals surface area (Å²) >= 11 is 0. The average molecular weight is 334 g/mol. The van der Waals surface area contributed by atoms with E-state index in [4.69, 9.17) is 18.8 Å². The van der Waals surface area contributed by atoms with Crippen molar-refractivity contribution in [2.75, 3.05) is 19.8 Å². The molecule has 1 aromatic carbocycles. The van der Waals surface area contributed by atoms with E-state index in [0.717, 1.165) is 11.1 Å². The fourth-order valence-corrected chi connectivity index (χ4v) is 2.67. The van der Waals surface area contributed by atoms with Gasteiger partial charge in [0.25, 0.3) is 0 Å². The zero-order valence-electron chi connectivity index (χ0n) is 14.7. The van der Waals surface area contributed by atoms with Crippen molar-refractivity contribution >= 4 is 13.2 Å². The predicted octanol–water partition coefficient (Wildman–Crippen LogP) is 3.72. The van der Waals surface area contributed by atoms with Gasteiger partial charge < -0.3 is 18.8 Å². The van der Waals surface area contributed by atoms with Gasteiger partial charge in [-0.25, -0.2) is 4.39 Å². The van der Waals surface area contributed by atoms with E-state index in [1.54, 1.807) is 0 Å². The van der Waals surface area contributed by atoms with E-state index in [1.807, 2.05) is 52.0 Å². The molecule has 2 aliphatic rings. The van der Waals surface area contributed by atoms with Crippen LogP contribution in [0, 0.1) is 0 Å². The van der Waals surface area contributed by atoms with Gasteiger partial charge in [0.05, 0.1) is 31.0 Å². The molecule has 0 saturated carbocycles. The van der Waals surface area contributed by atoms with Crippen LogP contribution in [0.4, 0.5) is 4.39 Å². The Morgan fingerprint density at radius 3 is 2.25 bits per heavy atom. The third kappa shape index (κ3) is 3.57. The summed E-state index contributed by atoms with van der Waals surface area (Å²) in [6.45, 7) is 9.40. The van der Waals surface area contributed by atoms with Gasteiger partial charge >= 0.3 is 7.12 Å². The van der Waals surface area contributed by atoms with Crippen LogP contribution in [-0.2, 0) is 18.8 Å². The minimum atomic E-state index is -0.968. The lowest BCUT2D eigenvalue weighted by Crippen LogP contribution is -2.41. The Morgan fingerprint density at radius 2 is 1.71 bits per heavy atom. The molecule has 1 unspecified atom stereocenters. The van der Waals surface area contributed by atoms with Crippen LogP contribution in [0.3, 0.4) is 0 Å². The van der Waals surface area contributed by atoms with E-state index in [0.29, 0.717) is 19.8 Å². The molecule has 0 radical (unpaired) electrons. The van der Waals surface area contributed by atoms with Crippen molar-refractivity contribution in [1.82, 2.24) is 0 Å². The minimum Gasteiger partial charge on any atom is -0.398 e. The monoisotopic (exact) mass is 334 g/mol. The Hall–Kier alpha value is -1.21. The van der Waals surface area contributed by atoms with Crippen molar-refractivity contribution in [1.29, 1.82) is 0 Å². The summed E-state index contributed by atoms with van der Waals surface area (Å²) in [4.78, 5) is 0. The fourth-order valence-electron chi connectivity index (χ4n) is 2.67. The van der Waals surface area contributed by atoms with Gasteiger partial charge in [-0.15, -0.1) is 0 Å². The first kappa shape index (κ1) is 17.6. The molecule has 0 aromatic heterocycles. The summed E-state index contributed by atoms with van der Waals surface area (Å²) in [6.07, 6.45) is 1.40. The summed E-state index contributed by atoms with van der Waals surface area (Å²) in [6, 6.07) is 7.58. The molecule has 130 valence electrons. The molecular weight excluding hydrogens is 310 g/mol. The lowest BCUT2D eigenvalue weighted by Gasteiger charge is -2.32. The van der Waals surface area contributed by atoms with Crippen molar-refractivity contribution in [3.8, 4) is 0 Å². The van der Waals surface area contributed by atoms with Gasteiger partial charge in [0.2, 0.25) is 0 Å². The first-order valence-corrected chi connectivity index (χ1v) is 8.30. The first-order valence-electron chi connectivity index (χ1n) is 8.30. The van der Waals surface area contributed by atoms with Crippen LogP contribution < -0.4 is 0 Å². The maximum absolute atomic E-state index is 14.5. The number of halogens is 1. The van der Waals surface area contributed by atoms with Crippen LogP contribution in [0.2, 0.25) is 0 Å². The van der Waals surface area contributed by atoms with Crippen LogP contribution >= 0.6 is 0 Å². The molecule has 2 heterocycles. The van der Waals surface area contributed by atoms with Gasteiger partial charge in [0, 0.05) is 0 Å². The van der Waals surface area contributed by atoms with Crippen LogP contribution in [0.1, 0.15) is 44.9 Å². The number of rotatable bonds is 3. The highest BCUT2D eigenvalue weighted by atomic mass is 19.1. The van der Waals surface area contributed by atoms with Gasteiger partial charge in [-0.05, 0) is 44.9 Å². The highest BCUT2D eigenvalue weighted by Gasteiger charge is 2.53. The fraction of sp³-hybridized carbons (Fsp3) is 0.556. The molecular formula is C18H24BFO4. The molecule has 4 nitrogen and oxygen atoms in total. The van der Waals surface area contributed by atoms with E-state index in [2.05, 4.69) is 0 Å². The summed E-state index contributed by atoms with van der Waals surface area (Å²) in [5, 5.41) is 0. The van der Waals surface area contributed by atoms with Gasteiger partial charge in [-0.1, -0.05) is 24.3 Å². The Balaban J connectivity index is 1.69. The third-order valence-corrected chi connectivity index (χ3v) is 4.91. The van der Waals surface area contributed by atoms with E-state index < -0.39 is 24.0 Å². The zero-order chi connectivity index (χ0) is 17.4. The van der Waals surface area contributed by atoms with Crippen LogP contribution in [0.15, 0.2) is 30.0 Å². The quantitative estimate of drug-likeness (QED) is 0.790. The third-order valence-electron chi connectivity index (χ3n) is 4.91.